The molecule has 2 heterocycles. The Bertz CT molecular complexity index is 998. The van der Waals surface area contributed by atoms with Crippen molar-refractivity contribution in [2.45, 2.75) is 32.6 Å². The van der Waals surface area contributed by atoms with Gasteiger partial charge in [-0.2, -0.15) is 0 Å². The van der Waals surface area contributed by atoms with Crippen LogP contribution in [-0.2, 0) is 9.59 Å². The van der Waals surface area contributed by atoms with E-state index < -0.39 is 0 Å². The van der Waals surface area contributed by atoms with E-state index in [2.05, 4.69) is 5.32 Å². The van der Waals surface area contributed by atoms with Gasteiger partial charge in [0.2, 0.25) is 11.8 Å². The fourth-order valence-corrected chi connectivity index (χ4v) is 4.57. The maximum Gasteiger partial charge on any atom is 0.261 e. The number of carbonyl (C=O) groups is 4. The molecule has 2 aromatic carbocycles. The molecule has 7 heteroatoms. The molecular formula is C24H27N3O4. The largest absolute Gasteiger partial charge is 0.356 e. The van der Waals surface area contributed by atoms with Crippen LogP contribution >= 0.6 is 0 Å². The molecule has 31 heavy (non-hydrogen) atoms. The quantitative estimate of drug-likeness (QED) is 0.727. The molecule has 162 valence electrons. The molecule has 0 radical (unpaired) electrons. The minimum absolute atomic E-state index is 0.00245. The normalized spacial score (nSPS) is 18.4. The first-order chi connectivity index (χ1) is 15.0. The summed E-state index contributed by atoms with van der Waals surface area (Å²) >= 11 is 0. The fraction of sp³-hybridized carbons (Fsp3) is 0.417. The second-order valence-electron chi connectivity index (χ2n) is 8.15. The molecule has 2 aliphatic rings. The van der Waals surface area contributed by atoms with Gasteiger partial charge in [0.1, 0.15) is 0 Å². The van der Waals surface area contributed by atoms with Gasteiger partial charge in [-0.1, -0.05) is 24.3 Å². The molecule has 2 aromatic rings. The van der Waals surface area contributed by atoms with E-state index in [9.17, 15) is 19.2 Å². The molecular weight excluding hydrogens is 394 g/mol. The summed E-state index contributed by atoms with van der Waals surface area (Å²) in [5.41, 5.74) is 1.06. The molecule has 2 aliphatic heterocycles. The van der Waals surface area contributed by atoms with Crippen LogP contribution in [0.4, 0.5) is 0 Å². The summed E-state index contributed by atoms with van der Waals surface area (Å²) in [5, 5.41) is 4.41. The Hall–Kier alpha value is -3.22. The minimum Gasteiger partial charge on any atom is -0.356 e. The van der Waals surface area contributed by atoms with Gasteiger partial charge in [-0.25, -0.2) is 0 Å². The van der Waals surface area contributed by atoms with E-state index >= 15 is 0 Å². The molecule has 1 fully saturated rings. The molecule has 0 aromatic heterocycles. The highest BCUT2D eigenvalue weighted by Gasteiger charge is 2.33. The van der Waals surface area contributed by atoms with Gasteiger partial charge >= 0.3 is 0 Å². The Kier molecular flexibility index (Phi) is 6.02. The van der Waals surface area contributed by atoms with E-state index in [0.29, 0.717) is 42.6 Å². The number of imide groups is 1. The molecule has 0 aliphatic carbocycles. The number of likely N-dealkylation sites (tertiary alicyclic amines) is 1. The SMILES string of the molecule is CCNC(=O)C1CCCN(C(=O)CCCN2C(=O)c3cccc4cccc(c34)C2=O)C1. The van der Waals surface area contributed by atoms with Gasteiger partial charge in [-0.15, -0.1) is 0 Å². The van der Waals surface area contributed by atoms with Crippen molar-refractivity contribution < 1.29 is 19.2 Å². The first-order valence-corrected chi connectivity index (χ1v) is 10.9. The Labute approximate surface area is 181 Å². The second-order valence-corrected chi connectivity index (χ2v) is 8.15. The lowest BCUT2D eigenvalue weighted by Gasteiger charge is -2.32. The molecule has 1 N–H and O–H groups in total. The topological polar surface area (TPSA) is 86.8 Å². The average Bonchev–Trinajstić information content (AvgIpc) is 2.79. The van der Waals surface area contributed by atoms with E-state index in [1.165, 1.54) is 4.90 Å². The van der Waals surface area contributed by atoms with E-state index in [0.717, 1.165) is 18.2 Å². The number of amides is 4. The summed E-state index contributed by atoms with van der Waals surface area (Å²) in [5.74, 6) is -0.822. The minimum atomic E-state index is -0.309. The highest BCUT2D eigenvalue weighted by Crippen LogP contribution is 2.30. The predicted octanol–water partition coefficient (Wildman–Crippen LogP) is 2.59. The second kappa shape index (κ2) is 8.88. The fourth-order valence-electron chi connectivity index (χ4n) is 4.57. The Morgan fingerprint density at radius 2 is 1.74 bits per heavy atom. The van der Waals surface area contributed by atoms with Crippen molar-refractivity contribution in [1.29, 1.82) is 0 Å². The van der Waals surface area contributed by atoms with Crippen LogP contribution in [0.25, 0.3) is 10.8 Å². The molecule has 7 nitrogen and oxygen atoms in total. The summed E-state index contributed by atoms with van der Waals surface area (Å²) in [6, 6.07) is 10.9. The number of hydrogen-bond donors (Lipinski definition) is 1. The van der Waals surface area contributed by atoms with Crippen molar-refractivity contribution in [1.82, 2.24) is 15.1 Å². The highest BCUT2D eigenvalue weighted by atomic mass is 16.2. The molecule has 0 bridgehead atoms. The zero-order valence-electron chi connectivity index (χ0n) is 17.7. The maximum absolute atomic E-state index is 12.9. The summed E-state index contributed by atoms with van der Waals surface area (Å²) in [6.45, 7) is 3.73. The van der Waals surface area contributed by atoms with E-state index in [1.807, 2.05) is 31.2 Å². The van der Waals surface area contributed by atoms with Crippen LogP contribution in [0.3, 0.4) is 0 Å². The summed E-state index contributed by atoms with van der Waals surface area (Å²) < 4.78 is 0. The summed E-state index contributed by atoms with van der Waals surface area (Å²) in [7, 11) is 0. The number of piperidine rings is 1. The standard InChI is InChI=1S/C24H27N3O4/c1-2-25-22(29)17-9-5-13-26(15-17)20(28)12-6-14-27-23(30)18-10-3-7-16-8-4-11-19(21(16)18)24(27)31/h3-4,7-8,10-11,17H,2,5-6,9,12-15H2,1H3,(H,25,29). The number of nitrogens with zero attached hydrogens (tertiary/aromatic N) is 2. The van der Waals surface area contributed by atoms with Gasteiger partial charge in [0.15, 0.2) is 0 Å². The maximum atomic E-state index is 12.9. The zero-order chi connectivity index (χ0) is 22.0. The van der Waals surface area contributed by atoms with Crippen LogP contribution in [0.5, 0.6) is 0 Å². The van der Waals surface area contributed by atoms with Crippen molar-refractivity contribution in [3.63, 3.8) is 0 Å². The van der Waals surface area contributed by atoms with Gasteiger partial charge < -0.3 is 10.2 Å². The Balaban J connectivity index is 1.38. The van der Waals surface area contributed by atoms with E-state index in [1.54, 1.807) is 17.0 Å². The third kappa shape index (κ3) is 4.04. The smallest absolute Gasteiger partial charge is 0.261 e. The number of rotatable bonds is 6. The van der Waals surface area contributed by atoms with Crippen LogP contribution in [0, 0.1) is 5.92 Å². The van der Waals surface area contributed by atoms with Gasteiger partial charge in [-0.05, 0) is 43.7 Å². The number of benzene rings is 2. The van der Waals surface area contributed by atoms with E-state index in [-0.39, 0.29) is 42.5 Å². The number of hydrogen-bond acceptors (Lipinski definition) is 4. The third-order valence-electron chi connectivity index (χ3n) is 6.12. The Morgan fingerprint density at radius 1 is 1.06 bits per heavy atom. The Morgan fingerprint density at radius 3 is 2.39 bits per heavy atom. The van der Waals surface area contributed by atoms with Crippen LogP contribution in [-0.4, -0.2) is 59.6 Å². The molecule has 4 rings (SSSR count). The van der Waals surface area contributed by atoms with Crippen LogP contribution < -0.4 is 5.32 Å². The monoisotopic (exact) mass is 421 g/mol. The van der Waals surface area contributed by atoms with Crippen molar-refractivity contribution in [2.24, 2.45) is 5.92 Å². The average molecular weight is 421 g/mol. The molecule has 0 spiro atoms. The van der Waals surface area contributed by atoms with Gasteiger partial charge in [-0.3, -0.25) is 24.1 Å². The third-order valence-corrected chi connectivity index (χ3v) is 6.12. The van der Waals surface area contributed by atoms with Crippen LogP contribution in [0.1, 0.15) is 53.3 Å². The van der Waals surface area contributed by atoms with Crippen molar-refractivity contribution in [2.75, 3.05) is 26.2 Å². The van der Waals surface area contributed by atoms with Gasteiger partial charge in [0, 0.05) is 49.1 Å². The van der Waals surface area contributed by atoms with Crippen LogP contribution in [0.2, 0.25) is 0 Å². The van der Waals surface area contributed by atoms with E-state index in [4.69, 9.17) is 0 Å². The van der Waals surface area contributed by atoms with Gasteiger partial charge in [0.25, 0.3) is 11.8 Å². The number of carbonyl (C=O) groups excluding carboxylic acids is 4. The van der Waals surface area contributed by atoms with Crippen molar-refractivity contribution in [3.8, 4) is 0 Å². The van der Waals surface area contributed by atoms with Crippen LogP contribution in [0.15, 0.2) is 36.4 Å². The van der Waals surface area contributed by atoms with Crippen molar-refractivity contribution in [3.05, 3.63) is 47.5 Å². The first kappa shape index (κ1) is 21.0. The molecule has 1 saturated heterocycles. The lowest BCUT2D eigenvalue weighted by molar-refractivity contribution is -0.135. The zero-order valence-corrected chi connectivity index (χ0v) is 17.7. The molecule has 4 amide bonds. The summed E-state index contributed by atoms with van der Waals surface area (Å²) in [4.78, 5) is 53.6. The molecule has 0 saturated carbocycles. The lowest BCUT2D eigenvalue weighted by Crippen LogP contribution is -2.45. The first-order valence-electron chi connectivity index (χ1n) is 10.9. The highest BCUT2D eigenvalue weighted by molar-refractivity contribution is 6.25. The summed E-state index contributed by atoms with van der Waals surface area (Å²) in [6.07, 6.45) is 2.23. The van der Waals surface area contributed by atoms with Crippen molar-refractivity contribution >= 4 is 34.4 Å². The molecule has 1 atom stereocenters. The molecule has 1 unspecified atom stereocenters. The predicted molar refractivity (Wildman–Crippen MR) is 117 cm³/mol. The number of nitrogens with one attached hydrogen (secondary N) is 1. The van der Waals surface area contributed by atoms with Gasteiger partial charge in [0.05, 0.1) is 5.92 Å². The lowest BCUT2D eigenvalue weighted by atomic mass is 9.94.